The lowest BCUT2D eigenvalue weighted by molar-refractivity contribution is 0.0992. The molecule has 1 heterocycles. The number of methoxy groups -OCH3 is 1. The van der Waals surface area contributed by atoms with E-state index in [0.717, 1.165) is 0 Å². The number of carbonyl (C=O) groups excluding carboxylic acids is 1. The minimum Gasteiger partial charge on any atom is -0.490 e. The fourth-order valence-electron chi connectivity index (χ4n) is 1.89. The second-order valence-corrected chi connectivity index (χ2v) is 4.30. The molecule has 106 valence electrons. The van der Waals surface area contributed by atoms with Crippen LogP contribution in [0.5, 0.6) is 5.75 Å². The van der Waals surface area contributed by atoms with E-state index in [1.54, 1.807) is 20.1 Å². The molecule has 0 aliphatic carbocycles. The molecule has 0 saturated carbocycles. The molecule has 2 N–H and O–H groups in total. The highest BCUT2D eigenvalue weighted by Gasteiger charge is 2.14. The van der Waals surface area contributed by atoms with E-state index in [4.69, 9.17) is 19.6 Å². The average molecular weight is 277 g/mol. The number of fused-ring (bicyclic) bond motifs is 1. The van der Waals surface area contributed by atoms with E-state index in [-0.39, 0.29) is 17.9 Å². The van der Waals surface area contributed by atoms with Crippen molar-refractivity contribution in [3.63, 3.8) is 0 Å². The van der Waals surface area contributed by atoms with Crippen molar-refractivity contribution in [1.82, 2.24) is 0 Å². The lowest BCUT2D eigenvalue weighted by Gasteiger charge is -2.11. The van der Waals surface area contributed by atoms with E-state index in [0.29, 0.717) is 23.1 Å². The smallest absolute Gasteiger partial charge is 0.336 e. The second-order valence-electron chi connectivity index (χ2n) is 4.30. The zero-order chi connectivity index (χ0) is 14.7. The summed E-state index contributed by atoms with van der Waals surface area (Å²) in [5, 5.41) is 0.650. The molecule has 0 aliphatic rings. The van der Waals surface area contributed by atoms with Crippen LogP contribution in [0.1, 0.15) is 15.9 Å². The number of hydrogen-bond acceptors (Lipinski definition) is 5. The minimum absolute atomic E-state index is 0.241. The maximum absolute atomic E-state index is 11.5. The van der Waals surface area contributed by atoms with Crippen LogP contribution in [0.4, 0.5) is 0 Å². The molecule has 0 saturated heterocycles. The lowest BCUT2D eigenvalue weighted by atomic mass is 10.1. The molecule has 0 unspecified atom stereocenters. The number of carbonyl (C=O) groups is 1. The molecule has 6 heteroatoms. The first-order chi connectivity index (χ1) is 9.52. The van der Waals surface area contributed by atoms with E-state index >= 15 is 0 Å². The van der Waals surface area contributed by atoms with E-state index in [1.807, 2.05) is 0 Å². The summed E-state index contributed by atoms with van der Waals surface area (Å²) in [7, 11) is 1.54. The molecule has 6 nitrogen and oxygen atoms in total. The maximum Gasteiger partial charge on any atom is 0.336 e. The molecule has 0 bridgehead atoms. The van der Waals surface area contributed by atoms with Crippen LogP contribution in [0.2, 0.25) is 0 Å². The summed E-state index contributed by atoms with van der Waals surface area (Å²) in [5.74, 6) is -0.333. The highest BCUT2D eigenvalue weighted by molar-refractivity contribution is 6.00. The summed E-state index contributed by atoms with van der Waals surface area (Å²) in [6.07, 6.45) is 0. The van der Waals surface area contributed by atoms with E-state index < -0.39 is 11.5 Å². The van der Waals surface area contributed by atoms with Crippen LogP contribution in [0.25, 0.3) is 11.0 Å². The van der Waals surface area contributed by atoms with Crippen LogP contribution in [0.15, 0.2) is 27.4 Å². The van der Waals surface area contributed by atoms with Crippen molar-refractivity contribution in [2.24, 2.45) is 5.73 Å². The fourth-order valence-corrected chi connectivity index (χ4v) is 1.89. The monoisotopic (exact) mass is 277 g/mol. The topological polar surface area (TPSA) is 91.8 Å². The van der Waals surface area contributed by atoms with Gasteiger partial charge in [0.1, 0.15) is 17.9 Å². The van der Waals surface area contributed by atoms with Crippen LogP contribution in [-0.2, 0) is 4.74 Å². The zero-order valence-corrected chi connectivity index (χ0v) is 11.3. The third-order valence-corrected chi connectivity index (χ3v) is 2.86. The quantitative estimate of drug-likeness (QED) is 0.655. The number of hydrogen-bond donors (Lipinski definition) is 1. The van der Waals surface area contributed by atoms with Gasteiger partial charge in [0.05, 0.1) is 12.2 Å². The predicted molar refractivity (Wildman–Crippen MR) is 73.1 cm³/mol. The highest BCUT2D eigenvalue weighted by atomic mass is 16.5. The Labute approximate surface area is 115 Å². The first kappa shape index (κ1) is 14.1. The van der Waals surface area contributed by atoms with E-state index in [1.165, 1.54) is 12.1 Å². The van der Waals surface area contributed by atoms with Crippen LogP contribution < -0.4 is 16.1 Å². The van der Waals surface area contributed by atoms with Crippen LogP contribution >= 0.6 is 0 Å². The van der Waals surface area contributed by atoms with Crippen LogP contribution in [0.3, 0.4) is 0 Å². The third-order valence-electron chi connectivity index (χ3n) is 2.86. The van der Waals surface area contributed by atoms with Gasteiger partial charge in [-0.2, -0.15) is 0 Å². The fraction of sp³-hybridized carbons (Fsp3) is 0.286. The molecule has 0 fully saturated rings. The van der Waals surface area contributed by atoms with Gasteiger partial charge in [-0.05, 0) is 18.6 Å². The largest absolute Gasteiger partial charge is 0.490 e. The van der Waals surface area contributed by atoms with Gasteiger partial charge in [0.2, 0.25) is 0 Å². The van der Waals surface area contributed by atoms with Crippen molar-refractivity contribution < 1.29 is 18.7 Å². The van der Waals surface area contributed by atoms with Crippen molar-refractivity contribution in [1.29, 1.82) is 0 Å². The number of benzene rings is 1. The molecule has 20 heavy (non-hydrogen) atoms. The summed E-state index contributed by atoms with van der Waals surface area (Å²) in [6.45, 7) is 2.39. The van der Waals surface area contributed by atoms with Crippen molar-refractivity contribution in [3.05, 3.63) is 39.7 Å². The van der Waals surface area contributed by atoms with Gasteiger partial charge in [-0.25, -0.2) is 4.79 Å². The Morgan fingerprint density at radius 3 is 2.70 bits per heavy atom. The van der Waals surface area contributed by atoms with Crippen LogP contribution in [-0.4, -0.2) is 26.2 Å². The second kappa shape index (κ2) is 5.75. The number of rotatable bonds is 5. The molecule has 0 spiro atoms. The van der Waals surface area contributed by atoms with E-state index in [2.05, 4.69) is 0 Å². The van der Waals surface area contributed by atoms with Gasteiger partial charge < -0.3 is 19.6 Å². The van der Waals surface area contributed by atoms with E-state index in [9.17, 15) is 9.59 Å². The van der Waals surface area contributed by atoms with Gasteiger partial charge in [0.15, 0.2) is 0 Å². The normalized spacial score (nSPS) is 10.7. The molecule has 0 radical (unpaired) electrons. The molecule has 0 aliphatic heterocycles. The summed E-state index contributed by atoms with van der Waals surface area (Å²) >= 11 is 0. The summed E-state index contributed by atoms with van der Waals surface area (Å²) in [6, 6.07) is 4.43. The molecule has 1 amide bonds. The van der Waals surface area contributed by atoms with Crippen molar-refractivity contribution in [3.8, 4) is 5.75 Å². The summed E-state index contributed by atoms with van der Waals surface area (Å²) in [5.41, 5.74) is 6.20. The third kappa shape index (κ3) is 2.80. The van der Waals surface area contributed by atoms with Gasteiger partial charge in [0.25, 0.3) is 5.91 Å². The zero-order valence-electron chi connectivity index (χ0n) is 11.3. The van der Waals surface area contributed by atoms with Crippen molar-refractivity contribution >= 4 is 16.9 Å². The van der Waals surface area contributed by atoms with Crippen LogP contribution in [0, 0.1) is 6.92 Å². The van der Waals surface area contributed by atoms with Crippen molar-refractivity contribution in [2.75, 3.05) is 20.3 Å². The molecule has 1 aromatic carbocycles. The standard InChI is InChI=1S/C14H15NO5/c1-8-5-13(16)20-12-7-11(19-4-3-18-2)10(14(15)17)6-9(8)12/h5-7H,3-4H2,1-2H3,(H2,15,17). The number of primary amides is 1. The number of amides is 1. The Bertz CT molecular complexity index is 705. The molecular formula is C14H15NO5. The van der Waals surface area contributed by atoms with Gasteiger partial charge >= 0.3 is 5.63 Å². The first-order valence-corrected chi connectivity index (χ1v) is 6.03. The Balaban J connectivity index is 2.56. The molecule has 2 rings (SSSR count). The molecule has 0 atom stereocenters. The molecule has 2 aromatic rings. The lowest BCUT2D eigenvalue weighted by Crippen LogP contribution is -2.15. The average Bonchev–Trinajstić information content (AvgIpc) is 2.37. The number of nitrogens with two attached hydrogens (primary N) is 1. The molecular weight excluding hydrogens is 262 g/mol. The molecule has 1 aromatic heterocycles. The Kier molecular flexibility index (Phi) is 4.05. The number of ether oxygens (including phenoxy) is 2. The van der Waals surface area contributed by atoms with Crippen molar-refractivity contribution in [2.45, 2.75) is 6.92 Å². The maximum atomic E-state index is 11.5. The SMILES string of the molecule is COCCOc1cc2oc(=O)cc(C)c2cc1C(N)=O. The highest BCUT2D eigenvalue weighted by Crippen LogP contribution is 2.27. The Morgan fingerprint density at radius 1 is 1.30 bits per heavy atom. The predicted octanol–water partition coefficient (Wildman–Crippen LogP) is 1.23. The van der Waals surface area contributed by atoms with Gasteiger partial charge in [-0.3, -0.25) is 4.79 Å². The Morgan fingerprint density at radius 2 is 2.05 bits per heavy atom. The Hall–Kier alpha value is -2.34. The summed E-state index contributed by atoms with van der Waals surface area (Å²) in [4.78, 5) is 22.9. The first-order valence-electron chi connectivity index (χ1n) is 6.03. The van der Waals surface area contributed by atoms with Gasteiger partial charge in [-0.1, -0.05) is 0 Å². The minimum atomic E-state index is -0.607. The van der Waals surface area contributed by atoms with Gasteiger partial charge in [-0.15, -0.1) is 0 Å². The summed E-state index contributed by atoms with van der Waals surface area (Å²) < 4.78 is 15.4. The number of aryl methyl sites for hydroxylation is 1. The van der Waals surface area contributed by atoms with Gasteiger partial charge in [0, 0.05) is 24.6 Å².